The molecule has 0 aliphatic rings. The standard InChI is InChI=1S/C16H19OP/c1-2-8-15(17)14-11-6-7-12-16(14)18-13-9-4-3-5-10-13/h3-7,9-12,15,17-18H,2,8H2,1H3. The molecule has 0 saturated carbocycles. The smallest absolute Gasteiger partial charge is 0.0796 e. The molecule has 2 rings (SSSR count). The van der Waals surface area contributed by atoms with Crippen molar-refractivity contribution >= 4 is 19.2 Å². The second-order valence-electron chi connectivity index (χ2n) is 4.38. The molecule has 0 saturated heterocycles. The maximum Gasteiger partial charge on any atom is 0.0796 e. The van der Waals surface area contributed by atoms with Crippen molar-refractivity contribution in [2.75, 3.05) is 0 Å². The van der Waals surface area contributed by atoms with Crippen LogP contribution < -0.4 is 10.6 Å². The lowest BCUT2D eigenvalue weighted by atomic mass is 10.1. The predicted molar refractivity (Wildman–Crippen MR) is 80.3 cm³/mol. The minimum Gasteiger partial charge on any atom is -0.388 e. The van der Waals surface area contributed by atoms with E-state index in [0.717, 1.165) is 18.4 Å². The first-order valence-corrected chi connectivity index (χ1v) is 7.40. The van der Waals surface area contributed by atoms with Gasteiger partial charge < -0.3 is 5.11 Å². The highest BCUT2D eigenvalue weighted by Gasteiger charge is 2.11. The Labute approximate surface area is 111 Å². The summed E-state index contributed by atoms with van der Waals surface area (Å²) >= 11 is 0. The third kappa shape index (κ3) is 3.41. The largest absolute Gasteiger partial charge is 0.388 e. The maximum absolute atomic E-state index is 10.2. The van der Waals surface area contributed by atoms with Crippen LogP contribution in [0.3, 0.4) is 0 Å². The van der Waals surface area contributed by atoms with Gasteiger partial charge in [0.15, 0.2) is 0 Å². The maximum atomic E-state index is 10.2. The van der Waals surface area contributed by atoms with Crippen molar-refractivity contribution in [3.63, 3.8) is 0 Å². The van der Waals surface area contributed by atoms with Crippen LogP contribution in [0.4, 0.5) is 0 Å². The van der Waals surface area contributed by atoms with Crippen molar-refractivity contribution in [1.82, 2.24) is 0 Å². The Morgan fingerprint density at radius 1 is 1.00 bits per heavy atom. The molecule has 1 nitrogen and oxygen atoms in total. The number of aliphatic hydroxyl groups is 1. The van der Waals surface area contributed by atoms with Crippen molar-refractivity contribution in [2.24, 2.45) is 0 Å². The molecule has 0 aromatic heterocycles. The average molecular weight is 258 g/mol. The molecule has 0 bridgehead atoms. The molecule has 2 aromatic rings. The van der Waals surface area contributed by atoms with Crippen molar-refractivity contribution in [1.29, 1.82) is 0 Å². The lowest BCUT2D eigenvalue weighted by Gasteiger charge is -2.15. The molecule has 2 atom stereocenters. The molecule has 0 fully saturated rings. The van der Waals surface area contributed by atoms with Crippen LogP contribution in [-0.4, -0.2) is 5.11 Å². The lowest BCUT2D eigenvalue weighted by Crippen LogP contribution is -2.12. The topological polar surface area (TPSA) is 20.2 Å². The monoisotopic (exact) mass is 258 g/mol. The van der Waals surface area contributed by atoms with Gasteiger partial charge in [-0.25, -0.2) is 0 Å². The van der Waals surface area contributed by atoms with Gasteiger partial charge in [0.25, 0.3) is 0 Å². The third-order valence-corrected chi connectivity index (χ3v) is 4.28. The summed E-state index contributed by atoms with van der Waals surface area (Å²) in [5.74, 6) is 0. The lowest BCUT2D eigenvalue weighted by molar-refractivity contribution is 0.167. The Bertz CT molecular complexity index is 481. The van der Waals surface area contributed by atoms with Crippen LogP contribution in [0.2, 0.25) is 0 Å². The Kier molecular flexibility index (Phi) is 4.92. The van der Waals surface area contributed by atoms with Crippen LogP contribution in [0, 0.1) is 0 Å². The molecular weight excluding hydrogens is 239 g/mol. The number of rotatable bonds is 5. The van der Waals surface area contributed by atoms with Crippen molar-refractivity contribution < 1.29 is 5.11 Å². The summed E-state index contributed by atoms with van der Waals surface area (Å²) in [6.07, 6.45) is 1.50. The van der Waals surface area contributed by atoms with Gasteiger partial charge in [-0.15, -0.1) is 0 Å². The molecule has 18 heavy (non-hydrogen) atoms. The van der Waals surface area contributed by atoms with E-state index in [0.29, 0.717) is 8.58 Å². The van der Waals surface area contributed by atoms with Gasteiger partial charge in [-0.1, -0.05) is 76.5 Å². The second kappa shape index (κ2) is 6.68. The Hall–Kier alpha value is -1.17. The highest BCUT2D eigenvalue weighted by Crippen LogP contribution is 2.22. The predicted octanol–water partition coefficient (Wildman–Crippen LogP) is 3.15. The summed E-state index contributed by atoms with van der Waals surface area (Å²) in [6, 6.07) is 18.7. The third-order valence-electron chi connectivity index (χ3n) is 2.93. The molecule has 0 spiro atoms. The summed E-state index contributed by atoms with van der Waals surface area (Å²) in [5, 5.41) is 12.8. The van der Waals surface area contributed by atoms with E-state index in [1.54, 1.807) is 0 Å². The molecule has 0 radical (unpaired) electrons. The summed E-state index contributed by atoms with van der Waals surface area (Å²) in [7, 11) is 0.613. The minimum atomic E-state index is -0.331. The van der Waals surface area contributed by atoms with Gasteiger partial charge in [-0.05, 0) is 22.6 Å². The summed E-state index contributed by atoms with van der Waals surface area (Å²) in [4.78, 5) is 0. The Morgan fingerprint density at radius 2 is 1.67 bits per heavy atom. The number of benzene rings is 2. The van der Waals surface area contributed by atoms with Crippen molar-refractivity contribution in [3.05, 3.63) is 60.2 Å². The second-order valence-corrected chi connectivity index (χ2v) is 5.75. The van der Waals surface area contributed by atoms with Crippen molar-refractivity contribution in [3.8, 4) is 0 Å². The minimum absolute atomic E-state index is 0.331. The zero-order valence-electron chi connectivity index (χ0n) is 10.6. The van der Waals surface area contributed by atoms with E-state index in [2.05, 4.69) is 37.3 Å². The molecule has 0 aliphatic carbocycles. The number of aliphatic hydroxyl groups excluding tert-OH is 1. The normalized spacial score (nSPS) is 13.0. The SMILES string of the molecule is CCCC(O)c1ccccc1Pc1ccccc1. The first-order chi connectivity index (χ1) is 8.81. The van der Waals surface area contributed by atoms with Crippen molar-refractivity contribution in [2.45, 2.75) is 25.9 Å². The summed E-state index contributed by atoms with van der Waals surface area (Å²) in [5.41, 5.74) is 1.08. The van der Waals surface area contributed by atoms with Gasteiger partial charge in [0.2, 0.25) is 0 Å². The van der Waals surface area contributed by atoms with Gasteiger partial charge in [0, 0.05) is 0 Å². The van der Waals surface area contributed by atoms with Gasteiger partial charge in [0.05, 0.1) is 6.10 Å². The van der Waals surface area contributed by atoms with Crippen LogP contribution in [0.5, 0.6) is 0 Å². The van der Waals surface area contributed by atoms with E-state index in [9.17, 15) is 5.11 Å². The molecular formula is C16H19OP. The van der Waals surface area contributed by atoms with E-state index in [-0.39, 0.29) is 6.10 Å². The van der Waals surface area contributed by atoms with Crippen LogP contribution in [-0.2, 0) is 0 Å². The zero-order chi connectivity index (χ0) is 12.8. The Morgan fingerprint density at radius 3 is 2.39 bits per heavy atom. The fourth-order valence-corrected chi connectivity index (χ4v) is 3.25. The number of hydrogen-bond donors (Lipinski definition) is 1. The molecule has 0 heterocycles. The first-order valence-electron chi connectivity index (χ1n) is 6.40. The summed E-state index contributed by atoms with van der Waals surface area (Å²) in [6.45, 7) is 2.10. The van der Waals surface area contributed by atoms with E-state index >= 15 is 0 Å². The van der Waals surface area contributed by atoms with E-state index in [1.807, 2.05) is 24.3 Å². The molecule has 94 valence electrons. The van der Waals surface area contributed by atoms with Crippen LogP contribution >= 0.6 is 8.58 Å². The van der Waals surface area contributed by atoms with E-state index in [4.69, 9.17) is 0 Å². The molecule has 1 N–H and O–H groups in total. The average Bonchev–Trinajstić information content (AvgIpc) is 2.41. The molecule has 0 aliphatic heterocycles. The van der Waals surface area contributed by atoms with E-state index < -0.39 is 0 Å². The molecule has 2 heteroatoms. The fraction of sp³-hybridized carbons (Fsp3) is 0.250. The Balaban J connectivity index is 2.22. The van der Waals surface area contributed by atoms with Crippen LogP contribution in [0.1, 0.15) is 31.4 Å². The first kappa shape index (κ1) is 13.3. The molecule has 0 amide bonds. The van der Waals surface area contributed by atoms with E-state index in [1.165, 1.54) is 10.6 Å². The summed E-state index contributed by atoms with van der Waals surface area (Å²) < 4.78 is 0. The van der Waals surface area contributed by atoms with Crippen LogP contribution in [0.15, 0.2) is 54.6 Å². The molecule has 2 unspecified atom stereocenters. The number of hydrogen-bond acceptors (Lipinski definition) is 1. The zero-order valence-corrected chi connectivity index (χ0v) is 11.6. The highest BCUT2D eigenvalue weighted by molar-refractivity contribution is 7.55. The quantitative estimate of drug-likeness (QED) is 0.817. The van der Waals surface area contributed by atoms with Gasteiger partial charge in [-0.2, -0.15) is 0 Å². The fourth-order valence-electron chi connectivity index (χ4n) is 2.01. The van der Waals surface area contributed by atoms with Crippen LogP contribution in [0.25, 0.3) is 0 Å². The van der Waals surface area contributed by atoms with Gasteiger partial charge >= 0.3 is 0 Å². The van der Waals surface area contributed by atoms with Gasteiger partial charge in [-0.3, -0.25) is 0 Å². The molecule has 2 aromatic carbocycles. The van der Waals surface area contributed by atoms with Gasteiger partial charge in [0.1, 0.15) is 0 Å². The highest BCUT2D eigenvalue weighted by atomic mass is 31.1.